The van der Waals surface area contributed by atoms with Crippen LogP contribution in [0, 0.1) is 23.2 Å². The summed E-state index contributed by atoms with van der Waals surface area (Å²) in [5, 5.41) is 10.2. The zero-order valence-electron chi connectivity index (χ0n) is 11.6. The minimum Gasteiger partial charge on any atom is -0.393 e. The molecule has 0 radical (unpaired) electrons. The summed E-state index contributed by atoms with van der Waals surface area (Å²) in [6.07, 6.45) is 3.14. The van der Waals surface area contributed by atoms with Gasteiger partial charge in [0, 0.05) is 0 Å². The summed E-state index contributed by atoms with van der Waals surface area (Å²) in [4.78, 5) is 0. The summed E-state index contributed by atoms with van der Waals surface area (Å²) in [5.74, 6) is 1.55. The van der Waals surface area contributed by atoms with Crippen molar-refractivity contribution in [2.24, 2.45) is 23.2 Å². The molecule has 1 aliphatic rings. The Kier molecular flexibility index (Phi) is 4.23. The number of hydrogen-bond acceptors (Lipinski definition) is 1. The van der Waals surface area contributed by atoms with Gasteiger partial charge in [-0.2, -0.15) is 0 Å². The van der Waals surface area contributed by atoms with Crippen molar-refractivity contribution in [3.05, 3.63) is 12.2 Å². The molecular formula is C15H28O. The summed E-state index contributed by atoms with van der Waals surface area (Å²) in [6.45, 7) is 15.3. The van der Waals surface area contributed by atoms with E-state index in [0.29, 0.717) is 23.2 Å². The smallest absolute Gasteiger partial charge is 0.0574 e. The maximum atomic E-state index is 10.2. The highest BCUT2D eigenvalue weighted by Gasteiger charge is 2.41. The third kappa shape index (κ3) is 2.68. The van der Waals surface area contributed by atoms with Crippen LogP contribution < -0.4 is 0 Å². The summed E-state index contributed by atoms with van der Waals surface area (Å²) in [6, 6.07) is 0. The molecule has 16 heavy (non-hydrogen) atoms. The predicted molar refractivity (Wildman–Crippen MR) is 70.3 cm³/mol. The fraction of sp³-hybridized carbons (Fsp3) is 0.867. The molecular weight excluding hydrogens is 196 g/mol. The molecule has 1 fully saturated rings. The van der Waals surface area contributed by atoms with E-state index in [-0.39, 0.29) is 6.10 Å². The van der Waals surface area contributed by atoms with Gasteiger partial charge >= 0.3 is 0 Å². The van der Waals surface area contributed by atoms with E-state index in [1.54, 1.807) is 0 Å². The van der Waals surface area contributed by atoms with Crippen LogP contribution in [0.1, 0.15) is 53.9 Å². The monoisotopic (exact) mass is 224 g/mol. The first kappa shape index (κ1) is 13.8. The largest absolute Gasteiger partial charge is 0.393 e. The van der Waals surface area contributed by atoms with Gasteiger partial charge < -0.3 is 5.11 Å². The number of aliphatic hydroxyl groups is 1. The maximum Gasteiger partial charge on any atom is 0.0574 e. The van der Waals surface area contributed by atoms with E-state index in [0.717, 1.165) is 6.42 Å². The first-order valence-corrected chi connectivity index (χ1v) is 6.63. The van der Waals surface area contributed by atoms with Crippen LogP contribution in [0.3, 0.4) is 0 Å². The van der Waals surface area contributed by atoms with Crippen molar-refractivity contribution >= 4 is 0 Å². The van der Waals surface area contributed by atoms with Gasteiger partial charge in [0.1, 0.15) is 0 Å². The van der Waals surface area contributed by atoms with Gasteiger partial charge in [-0.15, -0.1) is 0 Å². The van der Waals surface area contributed by atoms with Gasteiger partial charge in [0.15, 0.2) is 0 Å². The van der Waals surface area contributed by atoms with Crippen LogP contribution in [-0.2, 0) is 0 Å². The Morgan fingerprint density at radius 1 is 1.38 bits per heavy atom. The molecule has 0 spiro atoms. The van der Waals surface area contributed by atoms with Crippen molar-refractivity contribution in [2.75, 3.05) is 0 Å². The van der Waals surface area contributed by atoms with Gasteiger partial charge in [-0.05, 0) is 42.9 Å². The second-order valence-corrected chi connectivity index (χ2v) is 6.39. The molecule has 1 nitrogen and oxygen atoms in total. The average molecular weight is 224 g/mol. The van der Waals surface area contributed by atoms with Crippen LogP contribution in [0.4, 0.5) is 0 Å². The van der Waals surface area contributed by atoms with Crippen LogP contribution in [0.5, 0.6) is 0 Å². The molecule has 1 heteroatoms. The van der Waals surface area contributed by atoms with Gasteiger partial charge in [0.2, 0.25) is 0 Å². The molecule has 1 rings (SSSR count). The third-order valence-electron chi connectivity index (χ3n) is 4.92. The predicted octanol–water partition coefficient (Wildman–Crippen LogP) is 4.02. The fourth-order valence-electron chi connectivity index (χ4n) is 3.09. The Morgan fingerprint density at radius 3 is 2.38 bits per heavy atom. The van der Waals surface area contributed by atoms with Crippen LogP contribution in [0.15, 0.2) is 12.2 Å². The van der Waals surface area contributed by atoms with Gasteiger partial charge in [0.25, 0.3) is 0 Å². The van der Waals surface area contributed by atoms with Gasteiger partial charge in [-0.3, -0.25) is 0 Å². The SMILES string of the molecule is C=C(C)[C@@H]1C[C@H](O)[C@@H](C)[C@@H](C(C)(C)CC)C1. The molecule has 1 aliphatic carbocycles. The second kappa shape index (κ2) is 4.91. The van der Waals surface area contributed by atoms with E-state index in [1.807, 2.05) is 0 Å². The van der Waals surface area contributed by atoms with Crippen molar-refractivity contribution in [1.29, 1.82) is 0 Å². The van der Waals surface area contributed by atoms with E-state index in [9.17, 15) is 5.11 Å². The van der Waals surface area contributed by atoms with Crippen LogP contribution >= 0.6 is 0 Å². The second-order valence-electron chi connectivity index (χ2n) is 6.39. The van der Waals surface area contributed by atoms with Gasteiger partial charge in [-0.25, -0.2) is 0 Å². The van der Waals surface area contributed by atoms with Crippen LogP contribution in [0.2, 0.25) is 0 Å². The molecule has 0 aromatic carbocycles. The number of hydrogen-bond donors (Lipinski definition) is 1. The zero-order chi connectivity index (χ0) is 12.5. The molecule has 0 saturated heterocycles. The van der Waals surface area contributed by atoms with Crippen LogP contribution in [0.25, 0.3) is 0 Å². The van der Waals surface area contributed by atoms with Crippen molar-refractivity contribution in [2.45, 2.75) is 60.0 Å². The van der Waals surface area contributed by atoms with E-state index >= 15 is 0 Å². The Hall–Kier alpha value is -0.300. The Bertz CT molecular complexity index is 254. The summed E-state index contributed by atoms with van der Waals surface area (Å²) < 4.78 is 0. The topological polar surface area (TPSA) is 20.2 Å². The van der Waals surface area contributed by atoms with Gasteiger partial charge in [-0.1, -0.05) is 46.3 Å². The van der Waals surface area contributed by atoms with Crippen LogP contribution in [-0.4, -0.2) is 11.2 Å². The third-order valence-corrected chi connectivity index (χ3v) is 4.92. The maximum absolute atomic E-state index is 10.2. The fourth-order valence-corrected chi connectivity index (χ4v) is 3.09. The van der Waals surface area contributed by atoms with Crippen molar-refractivity contribution in [1.82, 2.24) is 0 Å². The Morgan fingerprint density at radius 2 is 1.94 bits per heavy atom. The zero-order valence-corrected chi connectivity index (χ0v) is 11.6. The summed E-state index contributed by atoms with van der Waals surface area (Å²) >= 11 is 0. The minimum atomic E-state index is -0.147. The molecule has 0 aliphatic heterocycles. The Balaban J connectivity index is 2.86. The van der Waals surface area contributed by atoms with Crippen molar-refractivity contribution in [3.63, 3.8) is 0 Å². The molecule has 0 amide bonds. The lowest BCUT2D eigenvalue weighted by atomic mass is 9.61. The first-order chi connectivity index (χ1) is 7.29. The molecule has 4 atom stereocenters. The molecule has 1 N–H and O–H groups in total. The van der Waals surface area contributed by atoms with E-state index < -0.39 is 0 Å². The lowest BCUT2D eigenvalue weighted by Gasteiger charge is -2.46. The normalized spacial score (nSPS) is 36.1. The van der Waals surface area contributed by atoms with Crippen molar-refractivity contribution in [3.8, 4) is 0 Å². The number of rotatable bonds is 3. The quantitative estimate of drug-likeness (QED) is 0.718. The highest BCUT2D eigenvalue weighted by molar-refractivity contribution is 5.03. The van der Waals surface area contributed by atoms with Gasteiger partial charge in [0.05, 0.1) is 6.10 Å². The minimum absolute atomic E-state index is 0.147. The first-order valence-electron chi connectivity index (χ1n) is 6.63. The Labute approximate surface area is 101 Å². The number of allylic oxidation sites excluding steroid dienone is 1. The van der Waals surface area contributed by atoms with E-state index in [1.165, 1.54) is 18.4 Å². The molecule has 94 valence electrons. The van der Waals surface area contributed by atoms with Crippen molar-refractivity contribution < 1.29 is 5.11 Å². The molecule has 0 bridgehead atoms. The lowest BCUT2D eigenvalue weighted by Crippen LogP contribution is -2.42. The molecule has 1 saturated carbocycles. The summed E-state index contributed by atoms with van der Waals surface area (Å²) in [5.41, 5.74) is 1.57. The summed E-state index contributed by atoms with van der Waals surface area (Å²) in [7, 11) is 0. The number of aliphatic hydroxyl groups excluding tert-OH is 1. The highest BCUT2D eigenvalue weighted by atomic mass is 16.3. The standard InChI is InChI=1S/C15H28O/c1-7-15(5,6)13-8-12(10(2)3)9-14(16)11(13)4/h11-14,16H,2,7-9H2,1,3-6H3/t11-,12-,13-,14-/m0/s1. The van der Waals surface area contributed by atoms with E-state index in [4.69, 9.17) is 0 Å². The molecule has 0 unspecified atom stereocenters. The molecule has 0 heterocycles. The lowest BCUT2D eigenvalue weighted by molar-refractivity contribution is -0.0237. The van der Waals surface area contributed by atoms with E-state index in [2.05, 4.69) is 41.2 Å². The average Bonchev–Trinajstić information content (AvgIpc) is 2.21. The molecule has 0 aromatic rings. The highest BCUT2D eigenvalue weighted by Crippen LogP contribution is 2.47. The molecule has 0 aromatic heterocycles.